The topological polar surface area (TPSA) is 80.1 Å². The van der Waals surface area contributed by atoms with Crippen LogP contribution < -0.4 is 5.32 Å². The monoisotopic (exact) mass is 413 g/mol. The maximum absolute atomic E-state index is 12.7. The number of thiophene rings is 1. The van der Waals surface area contributed by atoms with Gasteiger partial charge in [-0.3, -0.25) is 14.3 Å². The molecule has 2 aromatic heterocycles. The van der Waals surface area contributed by atoms with Crippen LogP contribution in [0.2, 0.25) is 0 Å². The summed E-state index contributed by atoms with van der Waals surface area (Å²) < 4.78 is 1.98. The molecule has 28 heavy (non-hydrogen) atoms. The van der Waals surface area contributed by atoms with E-state index in [1.165, 1.54) is 21.5 Å². The maximum atomic E-state index is 12.7. The molecular weight excluding hydrogens is 394 g/mol. The molecule has 1 saturated heterocycles. The van der Waals surface area contributed by atoms with Gasteiger partial charge in [0, 0.05) is 30.1 Å². The molecule has 3 amide bonds. The van der Waals surface area contributed by atoms with Gasteiger partial charge in [-0.15, -0.1) is 21.5 Å². The Balaban J connectivity index is 1.62. The first kappa shape index (κ1) is 18.7. The molecule has 0 aliphatic carbocycles. The van der Waals surface area contributed by atoms with Crippen LogP contribution in [-0.2, 0) is 11.2 Å². The quantitative estimate of drug-likeness (QED) is 0.629. The first-order valence-electron chi connectivity index (χ1n) is 8.91. The summed E-state index contributed by atoms with van der Waals surface area (Å²) in [5.74, 6) is 0.595. The molecule has 0 unspecified atom stereocenters. The fourth-order valence-electron chi connectivity index (χ4n) is 3.01. The van der Waals surface area contributed by atoms with E-state index >= 15 is 0 Å². The van der Waals surface area contributed by atoms with E-state index in [0.717, 1.165) is 11.5 Å². The van der Waals surface area contributed by atoms with Crippen molar-refractivity contribution in [3.63, 3.8) is 0 Å². The zero-order chi connectivity index (χ0) is 19.5. The van der Waals surface area contributed by atoms with Crippen molar-refractivity contribution in [1.82, 2.24) is 25.0 Å². The largest absolute Gasteiger partial charge is 0.336 e. The van der Waals surface area contributed by atoms with Crippen molar-refractivity contribution < 1.29 is 9.59 Å². The molecule has 0 bridgehead atoms. The van der Waals surface area contributed by atoms with Crippen molar-refractivity contribution in [3.05, 3.63) is 58.5 Å². The number of hydrogen-bond acceptors (Lipinski definition) is 6. The van der Waals surface area contributed by atoms with Crippen LogP contribution in [0.1, 0.15) is 17.6 Å². The van der Waals surface area contributed by atoms with E-state index in [1.807, 2.05) is 46.3 Å². The number of para-hydroxylation sites is 1. The summed E-state index contributed by atoms with van der Waals surface area (Å²) in [4.78, 5) is 26.9. The smallest absolute Gasteiger partial charge is 0.324 e. The van der Waals surface area contributed by atoms with Gasteiger partial charge in [-0.25, -0.2) is 4.79 Å². The lowest BCUT2D eigenvalue weighted by atomic mass is 10.3. The van der Waals surface area contributed by atoms with Gasteiger partial charge in [0.05, 0.1) is 5.25 Å². The Hall–Kier alpha value is -2.65. The molecule has 7 nitrogen and oxygen atoms in total. The number of rotatable bonds is 6. The molecule has 1 aromatic carbocycles. The molecule has 1 aliphatic heterocycles. The molecule has 0 saturated carbocycles. The van der Waals surface area contributed by atoms with Crippen LogP contribution in [0, 0.1) is 0 Å². The number of aromatic nitrogens is 3. The lowest BCUT2D eigenvalue weighted by Crippen LogP contribution is -2.39. The fourth-order valence-corrected chi connectivity index (χ4v) is 4.66. The third-order valence-electron chi connectivity index (χ3n) is 4.38. The predicted molar refractivity (Wildman–Crippen MR) is 109 cm³/mol. The van der Waals surface area contributed by atoms with Crippen LogP contribution in [0.3, 0.4) is 0 Å². The van der Waals surface area contributed by atoms with E-state index in [-0.39, 0.29) is 11.9 Å². The molecule has 144 valence electrons. The molecule has 0 radical (unpaired) electrons. The lowest BCUT2D eigenvalue weighted by molar-refractivity contribution is -0.126. The number of thioether (sulfide) groups is 1. The Morgan fingerprint density at radius 1 is 1.25 bits per heavy atom. The summed E-state index contributed by atoms with van der Waals surface area (Å²) in [5, 5.41) is 13.6. The third kappa shape index (κ3) is 3.81. The van der Waals surface area contributed by atoms with E-state index in [2.05, 4.69) is 21.6 Å². The normalized spacial score (nSPS) is 14.9. The lowest BCUT2D eigenvalue weighted by Gasteiger charge is -2.17. The highest BCUT2D eigenvalue weighted by atomic mass is 32.2. The minimum atomic E-state index is -0.454. The molecule has 9 heteroatoms. The van der Waals surface area contributed by atoms with Crippen LogP contribution in [0.4, 0.5) is 4.79 Å². The minimum absolute atomic E-state index is 0.220. The second-order valence-electron chi connectivity index (χ2n) is 6.31. The Morgan fingerprint density at radius 3 is 2.75 bits per heavy atom. The molecular formula is C19H19N5O2S2. The molecule has 4 rings (SSSR count). The summed E-state index contributed by atoms with van der Waals surface area (Å²) in [7, 11) is 0. The highest BCUT2D eigenvalue weighted by molar-refractivity contribution is 8.00. The van der Waals surface area contributed by atoms with Crippen LogP contribution in [0.15, 0.2) is 53.0 Å². The summed E-state index contributed by atoms with van der Waals surface area (Å²) in [5.41, 5.74) is 0.945. The summed E-state index contributed by atoms with van der Waals surface area (Å²) >= 11 is 2.99. The number of nitrogens with zero attached hydrogens (tertiary/aromatic N) is 4. The summed E-state index contributed by atoms with van der Waals surface area (Å²) in [6.07, 6.45) is 0.664. The minimum Gasteiger partial charge on any atom is -0.336 e. The highest BCUT2D eigenvalue weighted by Crippen LogP contribution is 2.28. The Kier molecular flexibility index (Phi) is 5.45. The number of hydrogen-bond donors (Lipinski definition) is 1. The van der Waals surface area contributed by atoms with Crippen molar-refractivity contribution in [2.45, 2.75) is 23.8 Å². The summed E-state index contributed by atoms with van der Waals surface area (Å²) in [6, 6.07) is 13.6. The molecule has 3 heterocycles. The van der Waals surface area contributed by atoms with Crippen LogP contribution in [0.25, 0.3) is 5.69 Å². The molecule has 1 aliphatic rings. The number of nitrogens with one attached hydrogen (secondary N) is 1. The molecule has 1 N–H and O–H groups in total. The zero-order valence-electron chi connectivity index (χ0n) is 15.2. The van der Waals surface area contributed by atoms with Gasteiger partial charge < -0.3 is 5.32 Å². The standard InChI is InChI=1S/C19H19N5O2S2/c1-13(17(25)23-10-9-20-18(23)26)28-19-22-21-16(12-15-8-5-11-27-15)24(19)14-6-3-2-4-7-14/h2-8,11,13H,9-10,12H2,1H3,(H,20,26)/t13-/m0/s1. The number of urea groups is 1. The fraction of sp³-hybridized carbons (Fsp3) is 0.263. The van der Waals surface area contributed by atoms with Crippen LogP contribution >= 0.6 is 23.1 Å². The maximum Gasteiger partial charge on any atom is 0.324 e. The van der Waals surface area contributed by atoms with Crippen molar-refractivity contribution in [2.75, 3.05) is 13.1 Å². The van der Waals surface area contributed by atoms with Gasteiger partial charge in [0.1, 0.15) is 5.82 Å². The highest BCUT2D eigenvalue weighted by Gasteiger charge is 2.31. The van der Waals surface area contributed by atoms with Gasteiger partial charge in [-0.05, 0) is 30.5 Å². The molecule has 1 fully saturated rings. The predicted octanol–water partition coefficient (Wildman–Crippen LogP) is 2.95. The summed E-state index contributed by atoms with van der Waals surface area (Å²) in [6.45, 7) is 2.69. The van der Waals surface area contributed by atoms with Crippen molar-refractivity contribution in [1.29, 1.82) is 0 Å². The van der Waals surface area contributed by atoms with Crippen LogP contribution in [0.5, 0.6) is 0 Å². The number of imide groups is 1. The Bertz CT molecular complexity index is 972. The third-order valence-corrected chi connectivity index (χ3v) is 6.29. The molecule has 0 spiro atoms. The number of carbonyl (C=O) groups is 2. The number of carbonyl (C=O) groups excluding carboxylic acids is 2. The second-order valence-corrected chi connectivity index (χ2v) is 8.65. The first-order valence-corrected chi connectivity index (χ1v) is 10.7. The zero-order valence-corrected chi connectivity index (χ0v) is 16.9. The van der Waals surface area contributed by atoms with Gasteiger partial charge in [0.25, 0.3) is 0 Å². The van der Waals surface area contributed by atoms with E-state index in [4.69, 9.17) is 0 Å². The van der Waals surface area contributed by atoms with Crippen molar-refractivity contribution >= 4 is 35.0 Å². The van der Waals surface area contributed by atoms with Gasteiger partial charge in [0.2, 0.25) is 5.91 Å². The first-order chi connectivity index (χ1) is 13.6. The van der Waals surface area contributed by atoms with Crippen LogP contribution in [-0.4, -0.2) is 49.9 Å². The van der Waals surface area contributed by atoms with Gasteiger partial charge >= 0.3 is 6.03 Å². The van der Waals surface area contributed by atoms with E-state index < -0.39 is 5.25 Å². The molecule has 3 aromatic rings. The van der Waals surface area contributed by atoms with E-state index in [9.17, 15) is 9.59 Å². The number of amides is 3. The van der Waals surface area contributed by atoms with Gasteiger partial charge in [0.15, 0.2) is 5.16 Å². The van der Waals surface area contributed by atoms with Gasteiger partial charge in [-0.2, -0.15) is 0 Å². The second kappa shape index (κ2) is 8.15. The Labute approximate surface area is 170 Å². The molecule has 1 atom stereocenters. The van der Waals surface area contributed by atoms with E-state index in [0.29, 0.717) is 24.7 Å². The van der Waals surface area contributed by atoms with Crippen molar-refractivity contribution in [3.8, 4) is 5.69 Å². The number of benzene rings is 1. The average molecular weight is 414 g/mol. The SMILES string of the molecule is C[C@H](Sc1nnc(Cc2cccs2)n1-c1ccccc1)C(=O)N1CCNC1=O. The van der Waals surface area contributed by atoms with Gasteiger partial charge in [-0.1, -0.05) is 36.0 Å². The van der Waals surface area contributed by atoms with Crippen molar-refractivity contribution in [2.24, 2.45) is 0 Å². The van der Waals surface area contributed by atoms with E-state index in [1.54, 1.807) is 18.3 Å². The Morgan fingerprint density at radius 2 is 2.07 bits per heavy atom. The average Bonchev–Trinajstić information content (AvgIpc) is 3.44.